The van der Waals surface area contributed by atoms with Crippen LogP contribution >= 0.6 is 0 Å². The zero-order valence-electron chi connectivity index (χ0n) is 13.5. The van der Waals surface area contributed by atoms with E-state index in [2.05, 4.69) is 15.5 Å². The van der Waals surface area contributed by atoms with Gasteiger partial charge in [-0.1, -0.05) is 6.42 Å². The number of aromatic amines is 1. The smallest absolute Gasteiger partial charge is 0.242 e. The van der Waals surface area contributed by atoms with E-state index < -0.39 is 6.04 Å². The van der Waals surface area contributed by atoms with Crippen LogP contribution in [0.2, 0.25) is 0 Å². The van der Waals surface area contributed by atoms with Gasteiger partial charge in [-0.15, -0.1) is 0 Å². The van der Waals surface area contributed by atoms with E-state index in [1.54, 1.807) is 0 Å². The molecule has 4 N–H and O–H groups in total. The normalized spacial score (nSPS) is 32.1. The third-order valence-corrected chi connectivity index (χ3v) is 6.06. The molecule has 4 atom stereocenters. The third kappa shape index (κ3) is 3.02. The van der Waals surface area contributed by atoms with E-state index in [0.29, 0.717) is 24.9 Å². The molecule has 3 fully saturated rings. The first-order valence-electron chi connectivity index (χ1n) is 8.90. The Kier molecular flexibility index (Phi) is 4.11. The SMILES string of the molecule is NC(C(=O)Nc1cc(C2CC3CCC2C3)[nH]n1)C1CCOCC1. The highest BCUT2D eigenvalue weighted by Crippen LogP contribution is 2.52. The molecule has 2 saturated carbocycles. The number of hydrogen-bond acceptors (Lipinski definition) is 4. The molecule has 4 unspecified atom stereocenters. The second kappa shape index (κ2) is 6.24. The Labute approximate surface area is 136 Å². The molecule has 3 aliphatic rings. The van der Waals surface area contributed by atoms with Crippen molar-refractivity contribution >= 4 is 11.7 Å². The average Bonchev–Trinajstić information content (AvgIpc) is 3.31. The van der Waals surface area contributed by atoms with Gasteiger partial charge in [0.25, 0.3) is 0 Å². The molecule has 0 spiro atoms. The predicted molar refractivity (Wildman–Crippen MR) is 86.9 cm³/mol. The molecule has 2 aliphatic carbocycles. The van der Waals surface area contributed by atoms with Gasteiger partial charge in [0.15, 0.2) is 5.82 Å². The Morgan fingerprint density at radius 1 is 1.30 bits per heavy atom. The Hall–Kier alpha value is -1.40. The number of carbonyl (C=O) groups excluding carboxylic acids is 1. The minimum atomic E-state index is -0.485. The van der Waals surface area contributed by atoms with Gasteiger partial charge in [0.05, 0.1) is 6.04 Å². The van der Waals surface area contributed by atoms with Gasteiger partial charge >= 0.3 is 0 Å². The molecular formula is C17H26N4O2. The van der Waals surface area contributed by atoms with Crippen molar-refractivity contribution in [2.45, 2.75) is 50.5 Å². The highest BCUT2D eigenvalue weighted by atomic mass is 16.5. The molecule has 0 radical (unpaired) electrons. The van der Waals surface area contributed by atoms with Crippen LogP contribution in [0.1, 0.15) is 50.1 Å². The number of nitrogens with zero attached hydrogens (tertiary/aromatic N) is 1. The average molecular weight is 318 g/mol. The lowest BCUT2D eigenvalue weighted by molar-refractivity contribution is -0.119. The number of H-pyrrole nitrogens is 1. The Morgan fingerprint density at radius 2 is 2.13 bits per heavy atom. The second-order valence-electron chi connectivity index (χ2n) is 7.45. The van der Waals surface area contributed by atoms with Crippen LogP contribution < -0.4 is 11.1 Å². The summed E-state index contributed by atoms with van der Waals surface area (Å²) in [6.45, 7) is 1.39. The van der Waals surface area contributed by atoms with E-state index in [1.807, 2.05) is 6.07 Å². The number of ether oxygens (including phenoxy) is 1. The Morgan fingerprint density at radius 3 is 2.83 bits per heavy atom. The van der Waals surface area contributed by atoms with Gasteiger partial charge in [0.1, 0.15) is 0 Å². The van der Waals surface area contributed by atoms with E-state index >= 15 is 0 Å². The van der Waals surface area contributed by atoms with Gasteiger partial charge in [0.2, 0.25) is 5.91 Å². The minimum Gasteiger partial charge on any atom is -0.381 e. The standard InChI is InChI=1S/C17H26N4O2/c18-16(11-3-5-23-6-4-11)17(22)19-15-9-14(20-21-15)13-8-10-1-2-12(13)7-10/h9-13,16H,1-8,18H2,(H2,19,20,21,22). The van der Waals surface area contributed by atoms with E-state index in [4.69, 9.17) is 10.5 Å². The predicted octanol–water partition coefficient (Wildman–Crippen LogP) is 2.01. The van der Waals surface area contributed by atoms with Crippen molar-refractivity contribution in [3.05, 3.63) is 11.8 Å². The van der Waals surface area contributed by atoms with E-state index in [1.165, 1.54) is 31.4 Å². The molecule has 2 bridgehead atoms. The van der Waals surface area contributed by atoms with Crippen molar-refractivity contribution in [1.29, 1.82) is 0 Å². The Balaban J connectivity index is 1.36. The molecule has 23 heavy (non-hydrogen) atoms. The Bertz CT molecular complexity index is 567. The lowest BCUT2D eigenvalue weighted by Gasteiger charge is -2.26. The van der Waals surface area contributed by atoms with Crippen molar-refractivity contribution in [3.8, 4) is 0 Å². The van der Waals surface area contributed by atoms with Crippen LogP contribution in [0.3, 0.4) is 0 Å². The maximum absolute atomic E-state index is 12.3. The largest absolute Gasteiger partial charge is 0.381 e. The van der Waals surface area contributed by atoms with Crippen LogP contribution in [-0.4, -0.2) is 35.4 Å². The summed E-state index contributed by atoms with van der Waals surface area (Å²) in [6, 6.07) is 1.52. The van der Waals surface area contributed by atoms with Crippen LogP contribution in [0.4, 0.5) is 5.82 Å². The fourth-order valence-electron chi connectivity index (χ4n) is 4.71. The lowest BCUT2D eigenvalue weighted by Crippen LogP contribution is -2.44. The summed E-state index contributed by atoms with van der Waals surface area (Å²) in [4.78, 5) is 12.3. The van der Waals surface area contributed by atoms with Gasteiger partial charge in [-0.2, -0.15) is 5.10 Å². The number of hydrogen-bond donors (Lipinski definition) is 3. The molecule has 2 heterocycles. The fraction of sp³-hybridized carbons (Fsp3) is 0.765. The van der Waals surface area contributed by atoms with Gasteiger partial charge in [0, 0.05) is 30.9 Å². The maximum Gasteiger partial charge on any atom is 0.242 e. The van der Waals surface area contributed by atoms with Gasteiger partial charge in [-0.3, -0.25) is 9.89 Å². The summed E-state index contributed by atoms with van der Waals surface area (Å²) in [6.07, 6.45) is 7.06. The first-order chi connectivity index (χ1) is 11.2. The fourth-order valence-corrected chi connectivity index (χ4v) is 4.71. The monoisotopic (exact) mass is 318 g/mol. The van der Waals surface area contributed by atoms with Gasteiger partial charge in [-0.05, 0) is 49.9 Å². The number of aromatic nitrogens is 2. The molecule has 6 nitrogen and oxygen atoms in total. The van der Waals surface area contributed by atoms with Crippen LogP contribution in [0.15, 0.2) is 6.07 Å². The van der Waals surface area contributed by atoms with Crippen molar-refractivity contribution in [1.82, 2.24) is 10.2 Å². The molecule has 6 heteroatoms. The third-order valence-electron chi connectivity index (χ3n) is 6.06. The maximum atomic E-state index is 12.3. The number of anilines is 1. The summed E-state index contributed by atoms with van der Waals surface area (Å²) in [7, 11) is 0. The lowest BCUT2D eigenvalue weighted by atomic mass is 9.86. The number of amides is 1. The zero-order valence-corrected chi connectivity index (χ0v) is 13.5. The molecular weight excluding hydrogens is 292 g/mol. The van der Waals surface area contributed by atoms with E-state index in [0.717, 1.165) is 24.7 Å². The van der Waals surface area contributed by atoms with Crippen LogP contribution in [-0.2, 0) is 9.53 Å². The molecule has 1 aromatic heterocycles. The molecule has 0 aromatic carbocycles. The summed E-state index contributed by atoms with van der Waals surface area (Å²) in [5.74, 6) is 2.96. The topological polar surface area (TPSA) is 93.0 Å². The number of nitrogens with one attached hydrogen (secondary N) is 2. The van der Waals surface area contributed by atoms with Crippen LogP contribution in [0, 0.1) is 17.8 Å². The molecule has 4 rings (SSSR count). The van der Waals surface area contributed by atoms with Crippen molar-refractivity contribution < 1.29 is 9.53 Å². The first kappa shape index (κ1) is 15.1. The first-order valence-corrected chi connectivity index (χ1v) is 8.90. The number of nitrogens with two attached hydrogens (primary N) is 1. The summed E-state index contributed by atoms with van der Waals surface area (Å²) in [5, 5.41) is 10.3. The highest BCUT2D eigenvalue weighted by molar-refractivity contribution is 5.94. The zero-order chi connectivity index (χ0) is 15.8. The van der Waals surface area contributed by atoms with Crippen molar-refractivity contribution in [2.75, 3.05) is 18.5 Å². The molecule has 126 valence electrons. The van der Waals surface area contributed by atoms with Gasteiger partial charge in [-0.25, -0.2) is 0 Å². The summed E-state index contributed by atoms with van der Waals surface area (Å²) < 4.78 is 5.33. The molecule has 1 aliphatic heterocycles. The van der Waals surface area contributed by atoms with E-state index in [9.17, 15) is 4.79 Å². The minimum absolute atomic E-state index is 0.136. The van der Waals surface area contributed by atoms with E-state index in [-0.39, 0.29) is 11.8 Å². The molecule has 1 saturated heterocycles. The number of carbonyl (C=O) groups is 1. The van der Waals surface area contributed by atoms with Gasteiger partial charge < -0.3 is 15.8 Å². The van der Waals surface area contributed by atoms with Crippen LogP contribution in [0.5, 0.6) is 0 Å². The van der Waals surface area contributed by atoms with Crippen LogP contribution in [0.25, 0.3) is 0 Å². The number of rotatable bonds is 4. The highest BCUT2D eigenvalue weighted by Gasteiger charge is 2.41. The van der Waals surface area contributed by atoms with Crippen molar-refractivity contribution in [2.24, 2.45) is 23.5 Å². The van der Waals surface area contributed by atoms with Crippen molar-refractivity contribution in [3.63, 3.8) is 0 Å². The summed E-state index contributed by atoms with van der Waals surface area (Å²) >= 11 is 0. The second-order valence-corrected chi connectivity index (χ2v) is 7.45. The summed E-state index contributed by atoms with van der Waals surface area (Å²) in [5.41, 5.74) is 7.29. The molecule has 1 aromatic rings. The molecule has 1 amide bonds. The quantitative estimate of drug-likeness (QED) is 0.791. The number of fused-ring (bicyclic) bond motifs is 2.